The molecule has 17 nitrogen and oxygen atoms in total. The van der Waals surface area contributed by atoms with Crippen LogP contribution in [0.5, 0.6) is 0 Å². The van der Waals surface area contributed by atoms with Gasteiger partial charge in [-0.2, -0.15) is 8.42 Å². The van der Waals surface area contributed by atoms with Crippen molar-refractivity contribution in [3.05, 3.63) is 88.0 Å². The molecule has 1 aliphatic heterocycles. The first-order valence-corrected chi connectivity index (χ1v) is 9.27. The van der Waals surface area contributed by atoms with Gasteiger partial charge in [-0.25, -0.2) is 0 Å². The summed E-state index contributed by atoms with van der Waals surface area (Å²) in [6.45, 7) is 0. The van der Waals surface area contributed by atoms with Gasteiger partial charge in [0, 0.05) is 24.3 Å². The molecular formula is C14H6N6O11S. The zero-order valence-corrected chi connectivity index (χ0v) is 15.9. The number of non-ortho nitro benzene ring substituents is 4. The summed E-state index contributed by atoms with van der Waals surface area (Å²) in [5.74, 6) is -1.76. The molecule has 0 spiro atoms. The average molecular weight is 466 g/mol. The maximum Gasteiger partial charge on any atom is 0.369 e. The van der Waals surface area contributed by atoms with Crippen LogP contribution in [0.15, 0.2) is 45.2 Å². The molecule has 3 rings (SSSR count). The quantitative estimate of drug-likeness (QED) is 0.438. The smallest absolute Gasteiger partial charge is 0.369 e. The van der Waals surface area contributed by atoms with Crippen molar-refractivity contribution in [2.75, 3.05) is 0 Å². The minimum Gasteiger partial charge on any atom is -0.418 e. The third-order valence-electron chi connectivity index (χ3n) is 3.73. The molecule has 0 amide bonds. The van der Waals surface area contributed by atoms with Crippen molar-refractivity contribution in [3.8, 4) is 0 Å². The Labute approximate surface area is 175 Å². The molecule has 0 aliphatic carbocycles. The number of ether oxygens (including phenoxy) is 1. The molecule has 0 bridgehead atoms. The van der Waals surface area contributed by atoms with Gasteiger partial charge in [-0.05, 0) is 0 Å². The fourth-order valence-electron chi connectivity index (χ4n) is 2.44. The maximum atomic E-state index is 12.1. The van der Waals surface area contributed by atoms with E-state index in [1.807, 2.05) is 0 Å². The Morgan fingerprint density at radius 1 is 0.594 bits per heavy atom. The molecule has 0 saturated carbocycles. The average Bonchev–Trinajstić information content (AvgIpc) is 2.71. The number of nitro groups is 4. The zero-order chi connectivity index (χ0) is 23.8. The molecular weight excluding hydrogens is 460 g/mol. The molecule has 18 heteroatoms. The topological polar surface area (TPSA) is 241 Å². The van der Waals surface area contributed by atoms with E-state index in [9.17, 15) is 48.9 Å². The van der Waals surface area contributed by atoms with E-state index >= 15 is 0 Å². The SMILES string of the molecule is O=[N+]([O-])c1cc(C2=NS(=O)(=O)N=C(c3cc([N+](=O)[O-])cc([N+](=O)[O-])c3)O2)cc([N+](=O)[O-])c1. The lowest BCUT2D eigenvalue weighted by Crippen LogP contribution is -2.22. The summed E-state index contributed by atoms with van der Waals surface area (Å²) in [6.07, 6.45) is 0. The largest absolute Gasteiger partial charge is 0.418 e. The van der Waals surface area contributed by atoms with Gasteiger partial charge < -0.3 is 4.74 Å². The summed E-state index contributed by atoms with van der Waals surface area (Å²) >= 11 is 0. The molecule has 1 heterocycles. The second-order valence-electron chi connectivity index (χ2n) is 5.85. The van der Waals surface area contributed by atoms with E-state index in [2.05, 4.69) is 8.80 Å². The van der Waals surface area contributed by atoms with Gasteiger partial charge in [0.15, 0.2) is 0 Å². The van der Waals surface area contributed by atoms with E-state index in [-0.39, 0.29) is 0 Å². The lowest BCUT2D eigenvalue weighted by molar-refractivity contribution is -0.394. The summed E-state index contributed by atoms with van der Waals surface area (Å²) in [5, 5.41) is 44.2. The predicted octanol–water partition coefficient (Wildman–Crippen LogP) is 1.79. The Morgan fingerprint density at radius 3 is 1.12 bits per heavy atom. The van der Waals surface area contributed by atoms with Crippen LogP contribution in [-0.4, -0.2) is 39.9 Å². The standard InChI is InChI=1S/C14H6N6O11S/c21-17(22)9-1-7(2-10(5-9)18(23)24)13-15-32(29,30)16-14(31-13)8-3-11(19(25)26)6-12(4-8)20(27)28/h1-6H. The lowest BCUT2D eigenvalue weighted by atomic mass is 10.1. The molecule has 0 radical (unpaired) electrons. The molecule has 0 N–H and O–H groups in total. The van der Waals surface area contributed by atoms with Gasteiger partial charge in [-0.3, -0.25) is 40.5 Å². The number of nitrogens with zero attached hydrogens (tertiary/aromatic N) is 6. The second-order valence-corrected chi connectivity index (χ2v) is 7.11. The molecule has 2 aromatic rings. The highest BCUT2D eigenvalue weighted by molar-refractivity contribution is 7.89. The molecule has 32 heavy (non-hydrogen) atoms. The van der Waals surface area contributed by atoms with Crippen LogP contribution in [-0.2, 0) is 14.9 Å². The van der Waals surface area contributed by atoms with Crippen molar-refractivity contribution in [1.82, 2.24) is 0 Å². The van der Waals surface area contributed by atoms with Gasteiger partial charge in [0.25, 0.3) is 22.7 Å². The van der Waals surface area contributed by atoms with E-state index in [1.165, 1.54) is 0 Å². The van der Waals surface area contributed by atoms with Crippen molar-refractivity contribution in [3.63, 3.8) is 0 Å². The van der Waals surface area contributed by atoms with Crippen molar-refractivity contribution in [2.45, 2.75) is 0 Å². The number of rotatable bonds is 6. The summed E-state index contributed by atoms with van der Waals surface area (Å²) in [4.78, 5) is 40.3. The number of hydrogen-bond donors (Lipinski definition) is 0. The Bertz CT molecular complexity index is 1220. The van der Waals surface area contributed by atoms with Gasteiger partial charge in [0.2, 0.25) is 11.8 Å². The van der Waals surface area contributed by atoms with Crippen molar-refractivity contribution >= 4 is 44.8 Å². The Hall–Kier alpha value is -4.87. The first-order valence-electron chi connectivity index (χ1n) is 7.87. The monoisotopic (exact) mass is 466 g/mol. The summed E-state index contributed by atoms with van der Waals surface area (Å²) < 4.78 is 35.7. The number of nitro benzene ring substituents is 4. The first-order chi connectivity index (χ1) is 14.9. The molecule has 0 atom stereocenters. The van der Waals surface area contributed by atoms with Crippen molar-refractivity contribution in [2.24, 2.45) is 8.80 Å². The molecule has 0 unspecified atom stereocenters. The summed E-state index contributed by atoms with van der Waals surface area (Å²) in [5.41, 5.74) is -4.13. The molecule has 0 fully saturated rings. The highest BCUT2D eigenvalue weighted by Crippen LogP contribution is 2.28. The lowest BCUT2D eigenvalue weighted by Gasteiger charge is -2.14. The Morgan fingerprint density at radius 2 is 0.875 bits per heavy atom. The summed E-state index contributed by atoms with van der Waals surface area (Å²) in [7, 11) is -4.74. The molecule has 1 aliphatic rings. The van der Waals surface area contributed by atoms with Gasteiger partial charge >= 0.3 is 10.2 Å². The van der Waals surface area contributed by atoms with E-state index in [4.69, 9.17) is 4.74 Å². The molecule has 164 valence electrons. The zero-order valence-electron chi connectivity index (χ0n) is 15.0. The van der Waals surface area contributed by atoms with Crippen LogP contribution in [0.2, 0.25) is 0 Å². The van der Waals surface area contributed by atoms with Gasteiger partial charge in [-0.15, -0.1) is 8.80 Å². The highest BCUT2D eigenvalue weighted by atomic mass is 32.2. The van der Waals surface area contributed by atoms with Crippen molar-refractivity contribution < 1.29 is 32.8 Å². The minimum absolute atomic E-state index is 0.498. The first kappa shape index (κ1) is 21.8. The van der Waals surface area contributed by atoms with Crippen LogP contribution in [0.4, 0.5) is 22.7 Å². The maximum absolute atomic E-state index is 12.1. The molecule has 2 aromatic carbocycles. The van der Waals surface area contributed by atoms with E-state index < -0.39 is 75.6 Å². The van der Waals surface area contributed by atoms with Crippen LogP contribution in [0.25, 0.3) is 0 Å². The van der Waals surface area contributed by atoms with Gasteiger partial charge in [0.1, 0.15) is 0 Å². The number of hydrogen-bond acceptors (Lipinski definition) is 11. The Balaban J connectivity index is 2.16. The number of benzene rings is 2. The third-order valence-corrected chi connectivity index (χ3v) is 4.53. The van der Waals surface area contributed by atoms with E-state index in [0.29, 0.717) is 12.1 Å². The summed E-state index contributed by atoms with van der Waals surface area (Å²) in [6, 6.07) is 4.17. The van der Waals surface area contributed by atoms with E-state index in [0.717, 1.165) is 24.3 Å². The van der Waals surface area contributed by atoms with Crippen LogP contribution in [0.3, 0.4) is 0 Å². The normalized spacial score (nSPS) is 14.5. The van der Waals surface area contributed by atoms with E-state index in [1.54, 1.807) is 0 Å². The molecule has 0 saturated heterocycles. The predicted molar refractivity (Wildman–Crippen MR) is 103 cm³/mol. The van der Waals surface area contributed by atoms with Crippen LogP contribution >= 0.6 is 0 Å². The van der Waals surface area contributed by atoms with Crippen molar-refractivity contribution in [1.29, 1.82) is 0 Å². The van der Waals surface area contributed by atoms with Gasteiger partial charge in [0.05, 0.1) is 43.0 Å². The highest BCUT2D eigenvalue weighted by Gasteiger charge is 2.29. The minimum atomic E-state index is -4.74. The fourth-order valence-corrected chi connectivity index (χ4v) is 3.19. The van der Waals surface area contributed by atoms with Gasteiger partial charge in [-0.1, -0.05) is 0 Å². The van der Waals surface area contributed by atoms with Crippen LogP contribution in [0.1, 0.15) is 11.1 Å². The second kappa shape index (κ2) is 7.75. The molecule has 0 aromatic heterocycles. The van der Waals surface area contributed by atoms with Crippen LogP contribution in [0, 0.1) is 40.5 Å². The Kier molecular flexibility index (Phi) is 5.29. The van der Waals surface area contributed by atoms with Crippen LogP contribution < -0.4 is 0 Å². The fraction of sp³-hybridized carbons (Fsp3) is 0. The third kappa shape index (κ3) is 4.48.